The standard InChI is InChI=1S/C20H21N3O5.ClH/c1-11-8-15(12-4-6-21-7-5-12)28-20(26)18(11)19(25)22-13-2-3-14-16(9-13)27-10-17(24)23-14;/h2-3,8-9,12,21H,4-7,10H2,1H3,(H,22,25)(H,23,24);1H. The van der Waals surface area contributed by atoms with Crippen molar-refractivity contribution in [2.24, 2.45) is 0 Å². The fourth-order valence-corrected chi connectivity index (χ4v) is 3.56. The maximum Gasteiger partial charge on any atom is 0.349 e. The van der Waals surface area contributed by atoms with E-state index in [1.807, 2.05) is 0 Å². The highest BCUT2D eigenvalue weighted by Crippen LogP contribution is 2.31. The molecule has 2 aliphatic rings. The Hall–Kier alpha value is -2.84. The van der Waals surface area contributed by atoms with Crippen molar-refractivity contribution in [3.05, 3.63) is 51.6 Å². The van der Waals surface area contributed by atoms with E-state index >= 15 is 0 Å². The third kappa shape index (κ3) is 4.44. The van der Waals surface area contributed by atoms with Gasteiger partial charge in [-0.25, -0.2) is 4.79 Å². The molecule has 154 valence electrons. The summed E-state index contributed by atoms with van der Waals surface area (Å²) in [5, 5.41) is 8.66. The number of carbonyl (C=O) groups excluding carboxylic acids is 2. The molecule has 4 rings (SSSR count). The van der Waals surface area contributed by atoms with Crippen LogP contribution in [0.1, 0.15) is 40.4 Å². The Balaban J connectivity index is 0.00000240. The maximum absolute atomic E-state index is 12.7. The lowest BCUT2D eigenvalue weighted by molar-refractivity contribution is -0.118. The molecule has 1 aromatic carbocycles. The molecule has 3 heterocycles. The van der Waals surface area contributed by atoms with Crippen molar-refractivity contribution >= 4 is 35.6 Å². The van der Waals surface area contributed by atoms with Gasteiger partial charge < -0.3 is 25.1 Å². The van der Waals surface area contributed by atoms with Gasteiger partial charge in [0.25, 0.3) is 11.8 Å². The number of piperidine rings is 1. The van der Waals surface area contributed by atoms with E-state index in [1.165, 1.54) is 0 Å². The predicted octanol–water partition coefficient (Wildman–Crippen LogP) is 2.42. The summed E-state index contributed by atoms with van der Waals surface area (Å²) in [5.74, 6) is 0.521. The van der Waals surface area contributed by atoms with E-state index in [4.69, 9.17) is 9.15 Å². The van der Waals surface area contributed by atoms with Gasteiger partial charge in [-0.05, 0) is 56.6 Å². The molecule has 29 heavy (non-hydrogen) atoms. The molecule has 3 N–H and O–H groups in total. The van der Waals surface area contributed by atoms with Crippen molar-refractivity contribution in [1.82, 2.24) is 5.32 Å². The van der Waals surface area contributed by atoms with E-state index in [9.17, 15) is 14.4 Å². The number of anilines is 2. The minimum absolute atomic E-state index is 0. The third-order valence-electron chi connectivity index (χ3n) is 5.01. The normalized spacial score (nSPS) is 16.1. The van der Waals surface area contributed by atoms with Crippen LogP contribution in [-0.2, 0) is 4.79 Å². The molecule has 0 bridgehead atoms. The van der Waals surface area contributed by atoms with E-state index < -0.39 is 11.5 Å². The van der Waals surface area contributed by atoms with Gasteiger partial charge in [-0.2, -0.15) is 0 Å². The van der Waals surface area contributed by atoms with Gasteiger partial charge in [-0.3, -0.25) is 9.59 Å². The van der Waals surface area contributed by atoms with Crippen molar-refractivity contribution in [2.75, 3.05) is 30.3 Å². The number of carbonyl (C=O) groups is 2. The van der Waals surface area contributed by atoms with Crippen LogP contribution in [0, 0.1) is 6.92 Å². The van der Waals surface area contributed by atoms with Gasteiger partial charge in [0, 0.05) is 17.7 Å². The Morgan fingerprint density at radius 1 is 1.17 bits per heavy atom. The Bertz CT molecular complexity index is 998. The first kappa shape index (κ1) is 20.9. The third-order valence-corrected chi connectivity index (χ3v) is 5.01. The Morgan fingerprint density at radius 2 is 1.93 bits per heavy atom. The van der Waals surface area contributed by atoms with Gasteiger partial charge in [-0.1, -0.05) is 0 Å². The van der Waals surface area contributed by atoms with Crippen LogP contribution in [0.5, 0.6) is 5.75 Å². The highest BCUT2D eigenvalue weighted by atomic mass is 35.5. The first-order chi connectivity index (χ1) is 13.5. The first-order valence-electron chi connectivity index (χ1n) is 9.24. The zero-order valence-electron chi connectivity index (χ0n) is 15.9. The molecule has 1 aromatic heterocycles. The second kappa shape index (κ2) is 8.67. The monoisotopic (exact) mass is 419 g/mol. The number of amides is 2. The van der Waals surface area contributed by atoms with E-state index in [0.29, 0.717) is 28.4 Å². The van der Waals surface area contributed by atoms with Crippen LogP contribution in [0.15, 0.2) is 33.5 Å². The molecule has 0 aliphatic carbocycles. The maximum atomic E-state index is 12.7. The largest absolute Gasteiger partial charge is 0.482 e. The average molecular weight is 420 g/mol. The summed E-state index contributed by atoms with van der Waals surface area (Å²) in [6, 6.07) is 6.66. The quantitative estimate of drug-likeness (QED) is 0.704. The fourth-order valence-electron chi connectivity index (χ4n) is 3.56. The predicted molar refractivity (Wildman–Crippen MR) is 110 cm³/mol. The second-order valence-corrected chi connectivity index (χ2v) is 7.02. The minimum atomic E-state index is -0.632. The molecule has 1 fully saturated rings. The van der Waals surface area contributed by atoms with Crippen molar-refractivity contribution in [1.29, 1.82) is 0 Å². The molecule has 0 radical (unpaired) electrons. The van der Waals surface area contributed by atoms with Gasteiger partial charge in [0.1, 0.15) is 17.1 Å². The smallest absolute Gasteiger partial charge is 0.349 e. The van der Waals surface area contributed by atoms with E-state index in [-0.39, 0.29) is 36.4 Å². The topological polar surface area (TPSA) is 110 Å². The summed E-state index contributed by atoms with van der Waals surface area (Å²) in [5.41, 5.74) is 0.943. The van der Waals surface area contributed by atoms with Gasteiger partial charge in [0.2, 0.25) is 0 Å². The molecule has 0 unspecified atom stereocenters. The SMILES string of the molecule is Cc1cc(C2CCNCC2)oc(=O)c1C(=O)Nc1ccc2c(c1)OCC(=O)N2.Cl. The van der Waals surface area contributed by atoms with E-state index in [2.05, 4.69) is 16.0 Å². The molecule has 2 aliphatic heterocycles. The van der Waals surface area contributed by atoms with Gasteiger partial charge in [-0.15, -0.1) is 12.4 Å². The Kier molecular flexibility index (Phi) is 6.24. The molecule has 8 nitrogen and oxygen atoms in total. The van der Waals surface area contributed by atoms with Gasteiger partial charge in [0.05, 0.1) is 5.69 Å². The van der Waals surface area contributed by atoms with Crippen LogP contribution in [-0.4, -0.2) is 31.5 Å². The van der Waals surface area contributed by atoms with Crippen molar-refractivity contribution < 1.29 is 18.7 Å². The van der Waals surface area contributed by atoms with E-state index in [1.54, 1.807) is 31.2 Å². The molecule has 1 saturated heterocycles. The molecule has 9 heteroatoms. The minimum Gasteiger partial charge on any atom is -0.482 e. The van der Waals surface area contributed by atoms with Crippen molar-refractivity contribution in [3.8, 4) is 5.75 Å². The van der Waals surface area contributed by atoms with Crippen molar-refractivity contribution in [3.63, 3.8) is 0 Å². The number of hydrogen-bond acceptors (Lipinski definition) is 6. The highest BCUT2D eigenvalue weighted by molar-refractivity contribution is 6.05. The number of fused-ring (bicyclic) bond motifs is 1. The van der Waals surface area contributed by atoms with Gasteiger partial charge >= 0.3 is 5.63 Å². The summed E-state index contributed by atoms with van der Waals surface area (Å²) in [4.78, 5) is 36.5. The van der Waals surface area contributed by atoms with Crippen LogP contribution in [0.3, 0.4) is 0 Å². The second-order valence-electron chi connectivity index (χ2n) is 7.02. The van der Waals surface area contributed by atoms with Crippen LogP contribution >= 0.6 is 12.4 Å². The number of halogens is 1. The lowest BCUT2D eigenvalue weighted by atomic mass is 9.94. The Labute approximate surface area is 173 Å². The van der Waals surface area contributed by atoms with Gasteiger partial charge in [0.15, 0.2) is 6.61 Å². The van der Waals surface area contributed by atoms with Crippen LogP contribution in [0.2, 0.25) is 0 Å². The number of rotatable bonds is 3. The summed E-state index contributed by atoms with van der Waals surface area (Å²) in [7, 11) is 0. The summed E-state index contributed by atoms with van der Waals surface area (Å²) in [6.45, 7) is 3.43. The van der Waals surface area contributed by atoms with Crippen molar-refractivity contribution in [2.45, 2.75) is 25.7 Å². The number of nitrogens with one attached hydrogen (secondary N) is 3. The van der Waals surface area contributed by atoms with Crippen LogP contribution in [0.25, 0.3) is 0 Å². The Morgan fingerprint density at radius 3 is 2.66 bits per heavy atom. The zero-order chi connectivity index (χ0) is 19.7. The number of ether oxygens (including phenoxy) is 1. The number of benzene rings is 1. The lowest BCUT2D eigenvalue weighted by Crippen LogP contribution is -2.28. The summed E-state index contributed by atoms with van der Waals surface area (Å²) < 4.78 is 10.8. The summed E-state index contributed by atoms with van der Waals surface area (Å²) in [6.07, 6.45) is 1.80. The molecule has 0 atom stereocenters. The lowest BCUT2D eigenvalue weighted by Gasteiger charge is -2.22. The molecule has 2 amide bonds. The van der Waals surface area contributed by atoms with E-state index in [0.717, 1.165) is 25.9 Å². The first-order valence-corrected chi connectivity index (χ1v) is 9.24. The molecule has 0 spiro atoms. The summed E-state index contributed by atoms with van der Waals surface area (Å²) >= 11 is 0. The number of hydrogen-bond donors (Lipinski definition) is 3. The zero-order valence-corrected chi connectivity index (χ0v) is 16.7. The molecule has 0 saturated carbocycles. The van der Waals surface area contributed by atoms with Crippen LogP contribution < -0.4 is 26.3 Å². The molecular weight excluding hydrogens is 398 g/mol. The van der Waals surface area contributed by atoms with Crippen LogP contribution in [0.4, 0.5) is 11.4 Å². The molecule has 2 aromatic rings. The molecular formula is C20H22ClN3O5. The highest BCUT2D eigenvalue weighted by Gasteiger charge is 2.23. The fraction of sp³-hybridized carbons (Fsp3) is 0.350. The average Bonchev–Trinajstić information content (AvgIpc) is 2.68. The number of aryl methyl sites for hydroxylation is 1.